The van der Waals surface area contributed by atoms with Crippen LogP contribution >= 0.6 is 0 Å². The molecule has 0 radical (unpaired) electrons. The molecule has 0 spiro atoms. The standard InChI is InChI=1S/C14H4O6/c15-11-6-2-1-5-3-8-10(14(18)20-12(8)16)9(7(5)4-6)13(17)19-11/h1-4H. The lowest BCUT2D eigenvalue weighted by Gasteiger charge is -2.00. The predicted molar refractivity (Wildman–Crippen MR) is 67.2 cm³/mol. The fourth-order valence-electron chi connectivity index (χ4n) is 2.49. The van der Waals surface area contributed by atoms with Gasteiger partial charge in [0.05, 0.1) is 21.9 Å². The molecule has 4 rings (SSSR count). The summed E-state index contributed by atoms with van der Waals surface area (Å²) in [6, 6.07) is 6.01. The first-order valence-corrected chi connectivity index (χ1v) is 5.70. The van der Waals surface area contributed by atoms with Gasteiger partial charge in [0.2, 0.25) is 0 Å². The number of benzene rings is 2. The van der Waals surface area contributed by atoms with Crippen molar-refractivity contribution in [3.05, 3.63) is 56.2 Å². The topological polar surface area (TPSA) is 90.7 Å². The summed E-state index contributed by atoms with van der Waals surface area (Å²) in [7, 11) is 0. The molecule has 0 unspecified atom stereocenters. The van der Waals surface area contributed by atoms with E-state index in [1.165, 1.54) is 18.2 Å². The molecule has 0 amide bonds. The molecule has 6 heteroatoms. The Morgan fingerprint density at radius 1 is 0.800 bits per heavy atom. The lowest BCUT2D eigenvalue weighted by molar-refractivity contribution is 0.0444. The molecule has 1 aliphatic heterocycles. The Morgan fingerprint density at radius 2 is 1.55 bits per heavy atom. The highest BCUT2D eigenvalue weighted by Crippen LogP contribution is 2.30. The van der Waals surface area contributed by atoms with Gasteiger partial charge in [0, 0.05) is 0 Å². The molecule has 0 saturated heterocycles. The molecule has 96 valence electrons. The van der Waals surface area contributed by atoms with Gasteiger partial charge in [-0.1, -0.05) is 6.07 Å². The van der Waals surface area contributed by atoms with Crippen LogP contribution in [-0.2, 0) is 4.74 Å². The van der Waals surface area contributed by atoms with Crippen LogP contribution < -0.4 is 11.3 Å². The third-order valence-electron chi connectivity index (χ3n) is 3.38. The van der Waals surface area contributed by atoms with E-state index in [0.717, 1.165) is 0 Å². The minimum atomic E-state index is -0.954. The molecule has 0 saturated carbocycles. The van der Waals surface area contributed by atoms with Crippen molar-refractivity contribution in [2.75, 3.05) is 0 Å². The maximum atomic E-state index is 12.0. The zero-order valence-corrected chi connectivity index (χ0v) is 9.76. The summed E-state index contributed by atoms with van der Waals surface area (Å²) in [6.45, 7) is 0. The molecule has 2 bridgehead atoms. The smallest absolute Gasteiger partial charge is 0.347 e. The number of cyclic esters (lactones) is 2. The van der Waals surface area contributed by atoms with Gasteiger partial charge in [0.1, 0.15) is 0 Å². The Hall–Kier alpha value is -3.02. The van der Waals surface area contributed by atoms with E-state index in [1.807, 2.05) is 0 Å². The van der Waals surface area contributed by atoms with Crippen LogP contribution in [0.4, 0.5) is 0 Å². The van der Waals surface area contributed by atoms with Gasteiger partial charge in [-0.2, -0.15) is 0 Å². The molecule has 3 aromatic rings. The Kier molecular flexibility index (Phi) is 1.79. The molecule has 0 fully saturated rings. The second kappa shape index (κ2) is 3.30. The molecule has 2 heterocycles. The van der Waals surface area contributed by atoms with Gasteiger partial charge in [0.15, 0.2) is 0 Å². The molecule has 2 aromatic carbocycles. The molecule has 0 atom stereocenters. The van der Waals surface area contributed by atoms with Crippen LogP contribution in [0.2, 0.25) is 0 Å². The minimum absolute atomic E-state index is 0.0107. The normalized spacial score (nSPS) is 14.0. The van der Waals surface area contributed by atoms with Gasteiger partial charge in [-0.25, -0.2) is 19.2 Å². The number of rotatable bonds is 0. The van der Waals surface area contributed by atoms with Gasteiger partial charge < -0.3 is 9.15 Å². The second-order valence-electron chi connectivity index (χ2n) is 4.46. The summed E-state index contributed by atoms with van der Waals surface area (Å²) < 4.78 is 9.18. The van der Waals surface area contributed by atoms with Gasteiger partial charge in [-0.3, -0.25) is 0 Å². The van der Waals surface area contributed by atoms with E-state index in [9.17, 15) is 19.2 Å². The maximum Gasteiger partial charge on any atom is 0.347 e. The quantitative estimate of drug-likeness (QED) is 0.447. The van der Waals surface area contributed by atoms with Gasteiger partial charge in [-0.05, 0) is 29.0 Å². The summed E-state index contributed by atoms with van der Waals surface area (Å²) in [5, 5.41) is 1.06. The first-order chi connectivity index (χ1) is 9.56. The fraction of sp³-hybridized carbons (Fsp3) is 0. The Balaban J connectivity index is 2.45. The first kappa shape index (κ1) is 10.9. The summed E-state index contributed by atoms with van der Waals surface area (Å²) >= 11 is 0. The number of ether oxygens (including phenoxy) is 1. The van der Waals surface area contributed by atoms with Crippen LogP contribution in [0.1, 0.15) is 20.7 Å². The van der Waals surface area contributed by atoms with Crippen LogP contribution in [0.15, 0.2) is 38.3 Å². The van der Waals surface area contributed by atoms with E-state index in [2.05, 4.69) is 9.15 Å². The van der Waals surface area contributed by atoms with Crippen LogP contribution in [-0.4, -0.2) is 11.9 Å². The second-order valence-corrected chi connectivity index (χ2v) is 4.46. The van der Waals surface area contributed by atoms with Crippen LogP contribution in [0.3, 0.4) is 0 Å². The summed E-state index contributed by atoms with van der Waals surface area (Å²) in [5.41, 5.74) is -1.87. The van der Waals surface area contributed by atoms with E-state index in [1.54, 1.807) is 6.07 Å². The SMILES string of the molecule is O=C1OC(=O)c2c1cc1ccc3cc1c2c(=O)oc3=O. The Labute approximate surface area is 109 Å². The number of carbonyl (C=O) groups excluding carboxylic acids is 2. The number of hydrogen-bond donors (Lipinski definition) is 0. The first-order valence-electron chi connectivity index (χ1n) is 5.70. The summed E-state index contributed by atoms with van der Waals surface area (Å²) in [4.78, 5) is 47.0. The maximum absolute atomic E-state index is 12.0. The average molecular weight is 268 g/mol. The lowest BCUT2D eigenvalue weighted by Crippen LogP contribution is -2.07. The predicted octanol–water partition coefficient (Wildman–Crippen LogP) is 1.05. The summed E-state index contributed by atoms with van der Waals surface area (Å²) in [6.07, 6.45) is 0. The van der Waals surface area contributed by atoms with Gasteiger partial charge >= 0.3 is 23.2 Å². The third kappa shape index (κ3) is 1.17. The zero-order chi connectivity index (χ0) is 14.0. The average Bonchev–Trinajstić information content (AvgIpc) is 2.63. The number of carbonyl (C=O) groups is 2. The monoisotopic (exact) mass is 268 g/mol. The van der Waals surface area contributed by atoms with Crippen molar-refractivity contribution in [2.24, 2.45) is 0 Å². The number of hydrogen-bond acceptors (Lipinski definition) is 6. The van der Waals surface area contributed by atoms with Crippen molar-refractivity contribution in [1.29, 1.82) is 0 Å². The van der Waals surface area contributed by atoms with Crippen molar-refractivity contribution in [3.63, 3.8) is 0 Å². The summed E-state index contributed by atoms with van der Waals surface area (Å²) in [5.74, 6) is -1.71. The van der Waals surface area contributed by atoms with Crippen molar-refractivity contribution in [2.45, 2.75) is 0 Å². The zero-order valence-electron chi connectivity index (χ0n) is 9.76. The molecule has 0 aliphatic carbocycles. The lowest BCUT2D eigenvalue weighted by atomic mass is 9.98. The van der Waals surface area contributed by atoms with E-state index < -0.39 is 23.2 Å². The molecule has 0 N–H and O–H groups in total. The van der Waals surface area contributed by atoms with Crippen molar-refractivity contribution < 1.29 is 18.7 Å². The van der Waals surface area contributed by atoms with Crippen LogP contribution in [0.5, 0.6) is 0 Å². The number of esters is 2. The third-order valence-corrected chi connectivity index (χ3v) is 3.38. The highest BCUT2D eigenvalue weighted by molar-refractivity contribution is 6.24. The molecule has 1 aliphatic rings. The van der Waals surface area contributed by atoms with E-state index in [-0.39, 0.29) is 21.9 Å². The van der Waals surface area contributed by atoms with Crippen LogP contribution in [0.25, 0.3) is 21.5 Å². The fourth-order valence-corrected chi connectivity index (χ4v) is 2.49. The molecular formula is C14H4O6. The molecular weight excluding hydrogens is 264 g/mol. The van der Waals surface area contributed by atoms with E-state index in [0.29, 0.717) is 10.8 Å². The minimum Gasteiger partial charge on any atom is -0.386 e. The van der Waals surface area contributed by atoms with Crippen molar-refractivity contribution in [3.8, 4) is 0 Å². The van der Waals surface area contributed by atoms with E-state index in [4.69, 9.17) is 0 Å². The molecule has 1 aromatic heterocycles. The Bertz CT molecular complexity index is 1040. The largest absolute Gasteiger partial charge is 0.386 e. The highest BCUT2D eigenvalue weighted by Gasteiger charge is 2.33. The highest BCUT2D eigenvalue weighted by atomic mass is 16.6. The van der Waals surface area contributed by atoms with Gasteiger partial charge in [-0.15, -0.1) is 0 Å². The Morgan fingerprint density at radius 3 is 2.35 bits per heavy atom. The van der Waals surface area contributed by atoms with Crippen molar-refractivity contribution >= 4 is 33.5 Å². The van der Waals surface area contributed by atoms with Gasteiger partial charge in [0.25, 0.3) is 0 Å². The van der Waals surface area contributed by atoms with Crippen molar-refractivity contribution in [1.82, 2.24) is 0 Å². The van der Waals surface area contributed by atoms with Crippen LogP contribution in [0, 0.1) is 0 Å². The molecule has 6 nitrogen and oxygen atoms in total. The van der Waals surface area contributed by atoms with E-state index >= 15 is 0 Å². The number of fused-ring (bicyclic) bond motifs is 3. The molecule has 20 heavy (non-hydrogen) atoms.